The third-order valence-corrected chi connectivity index (χ3v) is 5.79. The lowest BCUT2D eigenvalue weighted by Crippen LogP contribution is -2.18. The first-order valence-electron chi connectivity index (χ1n) is 11.3. The van der Waals surface area contributed by atoms with Crippen LogP contribution in [-0.4, -0.2) is 36.4 Å². The molecule has 0 aliphatic rings. The number of carbonyl (C=O) groups is 2. The third kappa shape index (κ3) is 4.94. The van der Waals surface area contributed by atoms with Crippen LogP contribution in [0.4, 0.5) is 0 Å². The summed E-state index contributed by atoms with van der Waals surface area (Å²) in [5, 5.41) is 6.12. The van der Waals surface area contributed by atoms with E-state index in [2.05, 4.69) is 15.1 Å². The minimum absolute atomic E-state index is 0.337. The number of hydrogen-bond donors (Lipinski definition) is 1. The number of aromatic nitrogens is 1. The first-order chi connectivity index (χ1) is 16.9. The van der Waals surface area contributed by atoms with Crippen LogP contribution >= 0.6 is 0 Å². The molecule has 1 N–H and O–H groups in total. The molecule has 1 heterocycles. The molecule has 0 unspecified atom stereocenters. The van der Waals surface area contributed by atoms with Gasteiger partial charge in [0.1, 0.15) is 5.75 Å². The van der Waals surface area contributed by atoms with E-state index in [0.717, 1.165) is 33.4 Å². The van der Waals surface area contributed by atoms with Crippen LogP contribution in [0, 0.1) is 13.8 Å². The van der Waals surface area contributed by atoms with E-state index < -0.39 is 0 Å². The SMILES string of the molecule is CCOC(=O)c1ccc(-n2c(C)cc(/C=N\NC(=O)c3cc4ccccc4cc3OC)c2C)cc1. The molecule has 0 aliphatic carbocycles. The zero-order valence-electron chi connectivity index (χ0n) is 20.2. The lowest BCUT2D eigenvalue weighted by molar-refractivity contribution is 0.0526. The van der Waals surface area contributed by atoms with Gasteiger partial charge < -0.3 is 14.0 Å². The molecule has 35 heavy (non-hydrogen) atoms. The number of aryl methyl sites for hydroxylation is 1. The monoisotopic (exact) mass is 469 g/mol. The van der Waals surface area contributed by atoms with E-state index in [4.69, 9.17) is 9.47 Å². The van der Waals surface area contributed by atoms with Gasteiger partial charge in [0.05, 0.1) is 31.1 Å². The number of nitrogens with one attached hydrogen (secondary N) is 1. The quantitative estimate of drug-likeness (QED) is 0.229. The van der Waals surface area contributed by atoms with Crippen LogP contribution in [0.2, 0.25) is 0 Å². The summed E-state index contributed by atoms with van der Waals surface area (Å²) in [6.45, 7) is 6.08. The molecule has 0 atom stereocenters. The third-order valence-electron chi connectivity index (χ3n) is 5.79. The summed E-state index contributed by atoms with van der Waals surface area (Å²) >= 11 is 0. The molecule has 4 aromatic rings. The number of amides is 1. The summed E-state index contributed by atoms with van der Waals surface area (Å²) < 4.78 is 12.5. The second-order valence-corrected chi connectivity index (χ2v) is 8.03. The number of nitrogens with zero attached hydrogens (tertiary/aromatic N) is 2. The summed E-state index contributed by atoms with van der Waals surface area (Å²) in [6, 6.07) is 20.7. The van der Waals surface area contributed by atoms with Gasteiger partial charge in [-0.15, -0.1) is 0 Å². The van der Waals surface area contributed by atoms with Crippen molar-refractivity contribution in [2.75, 3.05) is 13.7 Å². The summed E-state index contributed by atoms with van der Waals surface area (Å²) in [4.78, 5) is 24.7. The molecule has 0 bridgehead atoms. The Kier molecular flexibility index (Phi) is 6.96. The molecule has 0 aliphatic heterocycles. The predicted molar refractivity (Wildman–Crippen MR) is 137 cm³/mol. The van der Waals surface area contributed by atoms with Gasteiger partial charge in [0.25, 0.3) is 5.91 Å². The molecular weight excluding hydrogens is 442 g/mol. The second kappa shape index (κ2) is 10.3. The van der Waals surface area contributed by atoms with Gasteiger partial charge in [-0.25, -0.2) is 10.2 Å². The topological polar surface area (TPSA) is 81.9 Å². The van der Waals surface area contributed by atoms with Crippen LogP contribution in [0.25, 0.3) is 16.5 Å². The first kappa shape index (κ1) is 23.8. The maximum absolute atomic E-state index is 12.8. The Morgan fingerprint density at radius 2 is 1.69 bits per heavy atom. The fraction of sp³-hybridized carbons (Fsp3) is 0.179. The Morgan fingerprint density at radius 1 is 1.00 bits per heavy atom. The zero-order chi connectivity index (χ0) is 24.9. The molecule has 7 nitrogen and oxygen atoms in total. The standard InChI is InChI=1S/C28H27N3O4/c1-5-35-28(33)20-10-12-24(13-11-20)31-18(2)14-23(19(31)3)17-29-30-27(32)25-15-21-8-6-7-9-22(21)16-26(25)34-4/h6-17H,5H2,1-4H3,(H,30,32)/b29-17-. The molecule has 178 valence electrons. The second-order valence-electron chi connectivity index (χ2n) is 8.03. The number of ether oxygens (including phenoxy) is 2. The van der Waals surface area contributed by atoms with E-state index in [1.54, 1.807) is 31.3 Å². The number of rotatable bonds is 7. The molecule has 4 rings (SSSR count). The van der Waals surface area contributed by atoms with E-state index >= 15 is 0 Å². The van der Waals surface area contributed by atoms with Crippen molar-refractivity contribution in [1.82, 2.24) is 9.99 Å². The van der Waals surface area contributed by atoms with Crippen molar-refractivity contribution in [3.05, 3.63) is 94.8 Å². The average molecular weight is 470 g/mol. The molecule has 0 fully saturated rings. The first-order valence-corrected chi connectivity index (χ1v) is 11.3. The number of esters is 1. The lowest BCUT2D eigenvalue weighted by atomic mass is 10.1. The van der Waals surface area contributed by atoms with Crippen LogP contribution in [-0.2, 0) is 4.74 Å². The molecule has 0 saturated carbocycles. The molecule has 1 amide bonds. The van der Waals surface area contributed by atoms with Gasteiger partial charge in [-0.3, -0.25) is 4.79 Å². The highest BCUT2D eigenvalue weighted by atomic mass is 16.5. The zero-order valence-corrected chi connectivity index (χ0v) is 20.2. The Bertz CT molecular complexity index is 1420. The average Bonchev–Trinajstić information content (AvgIpc) is 3.15. The van der Waals surface area contributed by atoms with Crippen molar-refractivity contribution in [3.8, 4) is 11.4 Å². The van der Waals surface area contributed by atoms with E-state index in [1.165, 1.54) is 7.11 Å². The largest absolute Gasteiger partial charge is 0.496 e. The van der Waals surface area contributed by atoms with Crippen LogP contribution in [0.15, 0.2) is 71.8 Å². The Balaban J connectivity index is 1.53. The van der Waals surface area contributed by atoms with Crippen LogP contribution in [0.3, 0.4) is 0 Å². The van der Waals surface area contributed by atoms with E-state index in [1.807, 2.05) is 62.4 Å². The number of carbonyl (C=O) groups excluding carboxylic acids is 2. The Labute approximate surface area is 204 Å². The molecule has 7 heteroatoms. The van der Waals surface area contributed by atoms with Gasteiger partial charge in [0, 0.05) is 22.6 Å². The highest BCUT2D eigenvalue weighted by Crippen LogP contribution is 2.26. The Morgan fingerprint density at radius 3 is 2.34 bits per heavy atom. The van der Waals surface area contributed by atoms with Crippen molar-refractivity contribution >= 4 is 28.9 Å². The minimum atomic E-state index is -0.354. The highest BCUT2D eigenvalue weighted by molar-refractivity contribution is 6.02. The molecule has 3 aromatic carbocycles. The van der Waals surface area contributed by atoms with Crippen LogP contribution in [0.5, 0.6) is 5.75 Å². The van der Waals surface area contributed by atoms with Gasteiger partial charge in [0.15, 0.2) is 0 Å². The van der Waals surface area contributed by atoms with Crippen molar-refractivity contribution < 1.29 is 19.1 Å². The summed E-state index contributed by atoms with van der Waals surface area (Å²) in [5.41, 5.74) is 7.25. The van der Waals surface area contributed by atoms with Crippen LogP contribution < -0.4 is 10.2 Å². The van der Waals surface area contributed by atoms with Gasteiger partial charge in [-0.2, -0.15) is 5.10 Å². The van der Waals surface area contributed by atoms with Gasteiger partial charge in [-0.1, -0.05) is 24.3 Å². The van der Waals surface area contributed by atoms with Crippen molar-refractivity contribution in [2.24, 2.45) is 5.10 Å². The van der Waals surface area contributed by atoms with Crippen molar-refractivity contribution in [1.29, 1.82) is 0 Å². The minimum Gasteiger partial charge on any atom is -0.496 e. The molecular formula is C28H27N3O4. The normalized spacial score (nSPS) is 11.1. The fourth-order valence-corrected chi connectivity index (χ4v) is 4.06. The summed E-state index contributed by atoms with van der Waals surface area (Å²) in [6.07, 6.45) is 1.62. The van der Waals surface area contributed by atoms with Crippen molar-refractivity contribution in [3.63, 3.8) is 0 Å². The molecule has 0 spiro atoms. The Hall–Kier alpha value is -4.39. The summed E-state index contributed by atoms with van der Waals surface area (Å²) in [5.74, 6) is -0.209. The van der Waals surface area contributed by atoms with E-state index in [0.29, 0.717) is 23.5 Å². The van der Waals surface area contributed by atoms with Crippen molar-refractivity contribution in [2.45, 2.75) is 20.8 Å². The molecule has 0 saturated heterocycles. The van der Waals surface area contributed by atoms with Crippen LogP contribution in [0.1, 0.15) is 44.6 Å². The predicted octanol–water partition coefficient (Wildman–Crippen LogP) is 5.20. The summed E-state index contributed by atoms with van der Waals surface area (Å²) in [7, 11) is 1.54. The fourth-order valence-electron chi connectivity index (χ4n) is 4.06. The molecule has 1 aromatic heterocycles. The maximum Gasteiger partial charge on any atom is 0.338 e. The maximum atomic E-state index is 12.8. The smallest absolute Gasteiger partial charge is 0.338 e. The number of hydrazone groups is 1. The highest BCUT2D eigenvalue weighted by Gasteiger charge is 2.14. The van der Waals surface area contributed by atoms with Gasteiger partial charge in [0.2, 0.25) is 0 Å². The number of methoxy groups -OCH3 is 1. The van der Waals surface area contributed by atoms with E-state index in [-0.39, 0.29) is 11.9 Å². The number of fused-ring (bicyclic) bond motifs is 1. The van der Waals surface area contributed by atoms with Gasteiger partial charge in [-0.05, 0) is 74.0 Å². The number of hydrogen-bond acceptors (Lipinski definition) is 5. The van der Waals surface area contributed by atoms with Gasteiger partial charge >= 0.3 is 5.97 Å². The van der Waals surface area contributed by atoms with E-state index in [9.17, 15) is 9.59 Å². The number of benzene rings is 3. The molecule has 0 radical (unpaired) electrons. The lowest BCUT2D eigenvalue weighted by Gasteiger charge is -2.10.